The Kier molecular flexibility index (Phi) is 41.5. The third-order valence-corrected chi connectivity index (χ3v) is 9.58. The number of benzene rings is 1. The van der Waals surface area contributed by atoms with Crippen molar-refractivity contribution in [1.29, 1.82) is 0 Å². The fourth-order valence-corrected chi connectivity index (χ4v) is 6.24. The number of phosphoric ester groups is 1. The summed E-state index contributed by atoms with van der Waals surface area (Å²) in [6.45, 7) is 3.95. The molecule has 1 unspecified atom stereocenters. The molecule has 1 atom stereocenters. The van der Waals surface area contributed by atoms with Gasteiger partial charge in [-0.1, -0.05) is 198 Å². The molecule has 1 aromatic carbocycles. The third-order valence-electron chi connectivity index (χ3n) is 9.13. The molecule has 11 heteroatoms. The minimum atomic E-state index is -4.83. The summed E-state index contributed by atoms with van der Waals surface area (Å²) < 4.78 is 24.7. The van der Waals surface area contributed by atoms with Crippen molar-refractivity contribution in [2.75, 3.05) is 13.2 Å². The molecule has 0 amide bonds. The molecule has 0 saturated carbocycles. The molecule has 0 saturated heterocycles. The van der Waals surface area contributed by atoms with E-state index in [4.69, 9.17) is 9.47 Å². The Morgan fingerprint density at radius 2 is 0.962 bits per heavy atom. The summed E-state index contributed by atoms with van der Waals surface area (Å²) in [5.41, 5.74) is 0.657. The molecule has 0 aliphatic heterocycles. The molecule has 1 N–H and O–H groups in total. The summed E-state index contributed by atoms with van der Waals surface area (Å²) in [5.74, 6) is -0.580. The summed E-state index contributed by atoms with van der Waals surface area (Å²) >= 11 is 0. The van der Waals surface area contributed by atoms with Crippen LogP contribution < -0.4 is 9.79 Å². The molecule has 0 heterocycles. The van der Waals surface area contributed by atoms with Crippen LogP contribution in [-0.4, -0.2) is 59.4 Å². The Hall–Kier alpha value is -1.00. The van der Waals surface area contributed by atoms with E-state index in [9.17, 15) is 29.0 Å². The minimum absolute atomic E-state index is 0. The molecule has 53 heavy (non-hydrogen) atoms. The van der Waals surface area contributed by atoms with Crippen LogP contribution in [-0.2, 0) is 34.8 Å². The van der Waals surface area contributed by atoms with E-state index in [-0.39, 0.29) is 54.8 Å². The van der Waals surface area contributed by atoms with Gasteiger partial charge in [-0.3, -0.25) is 9.59 Å². The molecule has 0 spiro atoms. The number of phosphoric acid groups is 1. The predicted molar refractivity (Wildman–Crippen MR) is 213 cm³/mol. The monoisotopic (exact) mass is 778 g/mol. The Bertz CT molecular complexity index is 977. The molecular formula is C42H75MgO9P. The summed E-state index contributed by atoms with van der Waals surface area (Å²) in [6.07, 6.45) is 32.9. The summed E-state index contributed by atoms with van der Waals surface area (Å²) in [7, 11) is -4.83. The second-order valence-corrected chi connectivity index (χ2v) is 15.3. The van der Waals surface area contributed by atoms with Gasteiger partial charge in [-0.15, -0.1) is 0 Å². The maximum atomic E-state index is 12.1. The van der Waals surface area contributed by atoms with Crippen molar-refractivity contribution in [1.82, 2.24) is 0 Å². The minimum Gasteiger partial charge on any atom is -0.790 e. The summed E-state index contributed by atoms with van der Waals surface area (Å²) in [4.78, 5) is 44.2. The Balaban J connectivity index is 0. The average molecular weight is 779 g/mol. The zero-order chi connectivity index (χ0) is 38.4. The van der Waals surface area contributed by atoms with E-state index >= 15 is 0 Å². The average Bonchev–Trinajstić information content (AvgIpc) is 3.13. The molecule has 0 bridgehead atoms. The van der Waals surface area contributed by atoms with Gasteiger partial charge >= 0.3 is 35.0 Å². The van der Waals surface area contributed by atoms with Crippen LogP contribution in [0.2, 0.25) is 0 Å². The maximum Gasteiger partial charge on any atom is 2.00 e. The van der Waals surface area contributed by atoms with Crippen LogP contribution in [0.4, 0.5) is 0 Å². The van der Waals surface area contributed by atoms with E-state index in [1.807, 2.05) is 0 Å². The van der Waals surface area contributed by atoms with E-state index in [1.54, 1.807) is 30.3 Å². The van der Waals surface area contributed by atoms with Crippen molar-refractivity contribution in [3.63, 3.8) is 0 Å². The van der Waals surface area contributed by atoms with Gasteiger partial charge in [0.25, 0.3) is 0 Å². The number of rotatable bonds is 35. The number of carbonyl (C=O) groups is 2. The van der Waals surface area contributed by atoms with Gasteiger partial charge in [0.15, 0.2) is 6.10 Å². The Morgan fingerprint density at radius 3 is 1.32 bits per heavy atom. The molecule has 0 aliphatic rings. The first kappa shape index (κ1) is 54.1. The number of aliphatic hydroxyl groups excluding tert-OH is 1. The molecule has 304 valence electrons. The number of carbonyl (C=O) groups excluding carboxylic acids is 2. The van der Waals surface area contributed by atoms with Gasteiger partial charge in [-0.25, -0.2) is 0 Å². The second-order valence-electron chi connectivity index (χ2n) is 14.2. The predicted octanol–water partition coefficient (Wildman–Crippen LogP) is 10.0. The van der Waals surface area contributed by atoms with E-state index < -0.39 is 13.9 Å². The molecular weight excluding hydrogens is 704 g/mol. The van der Waals surface area contributed by atoms with Crippen molar-refractivity contribution in [3.8, 4) is 0 Å². The quantitative estimate of drug-likeness (QED) is 0.0308. The molecule has 1 aromatic rings. The number of unbranched alkanes of at least 4 members (excludes halogenated alkanes) is 24. The largest absolute Gasteiger partial charge is 2.00 e. The van der Waals surface area contributed by atoms with Crippen molar-refractivity contribution < 1.29 is 43.0 Å². The van der Waals surface area contributed by atoms with Crippen LogP contribution in [0.15, 0.2) is 30.3 Å². The molecule has 0 radical (unpaired) electrons. The number of esters is 2. The second kappa shape index (κ2) is 40.7. The first-order valence-corrected chi connectivity index (χ1v) is 22.3. The van der Waals surface area contributed by atoms with E-state index in [0.29, 0.717) is 18.4 Å². The van der Waals surface area contributed by atoms with Gasteiger partial charge < -0.3 is 33.5 Å². The van der Waals surface area contributed by atoms with Crippen LogP contribution >= 0.6 is 7.82 Å². The number of aliphatic hydroxyl groups is 1. The molecule has 9 nitrogen and oxygen atoms in total. The summed E-state index contributed by atoms with van der Waals surface area (Å²) in [6, 6.07) is 8.61. The van der Waals surface area contributed by atoms with Gasteiger partial charge in [-0.2, -0.15) is 0 Å². The zero-order valence-electron chi connectivity index (χ0n) is 33.8. The third kappa shape index (κ3) is 42.0. The van der Waals surface area contributed by atoms with Crippen molar-refractivity contribution in [2.45, 2.75) is 206 Å². The molecule has 0 aliphatic carbocycles. The van der Waals surface area contributed by atoms with Gasteiger partial charge in [0.2, 0.25) is 0 Å². The fourth-order valence-electron chi connectivity index (χ4n) is 5.93. The van der Waals surface area contributed by atoms with E-state index in [1.165, 1.54) is 135 Å². The van der Waals surface area contributed by atoms with Gasteiger partial charge in [0.05, 0.1) is 21.0 Å². The van der Waals surface area contributed by atoms with Crippen LogP contribution in [0.25, 0.3) is 0 Å². The van der Waals surface area contributed by atoms with E-state index in [2.05, 4.69) is 18.4 Å². The molecule has 0 aromatic heterocycles. The normalized spacial score (nSPS) is 11.6. The Labute approximate surface area is 339 Å². The fraction of sp³-hybridized carbons (Fsp3) is 0.810. The van der Waals surface area contributed by atoms with E-state index in [0.717, 1.165) is 32.1 Å². The maximum absolute atomic E-state index is 12.1. The van der Waals surface area contributed by atoms with Crippen molar-refractivity contribution in [3.05, 3.63) is 35.9 Å². The number of hydrogen-bond acceptors (Lipinski definition) is 9. The van der Waals surface area contributed by atoms with Crippen molar-refractivity contribution >= 4 is 42.8 Å². The zero-order valence-corrected chi connectivity index (χ0v) is 36.1. The van der Waals surface area contributed by atoms with Gasteiger partial charge in [-0.05, 0) is 18.4 Å². The van der Waals surface area contributed by atoms with Crippen LogP contribution in [0.3, 0.4) is 0 Å². The first-order valence-electron chi connectivity index (χ1n) is 20.9. The van der Waals surface area contributed by atoms with Gasteiger partial charge in [0, 0.05) is 12.8 Å². The standard InChI is InChI=1S/C35H68O5.C7H9O4P.Mg/c1-3-5-7-9-11-13-15-17-19-21-23-25-27-29-34(37)39-32-33(31-36)40-35(38)30-28-26-24-22-20-18-16-14-12-10-8-6-4-2;8-12(9,10)11-6-7-4-2-1-3-5-7;/h33,36H,3-32H2,1-2H3;1-5H,6H2,(H2,8,9,10);/q;;+2/p-2. The Morgan fingerprint density at radius 1 is 0.604 bits per heavy atom. The van der Waals surface area contributed by atoms with Gasteiger partial charge in [0.1, 0.15) is 6.61 Å². The molecule has 0 fully saturated rings. The smallest absolute Gasteiger partial charge is 0.790 e. The van der Waals surface area contributed by atoms with Crippen molar-refractivity contribution in [2.24, 2.45) is 0 Å². The molecule has 1 rings (SSSR count). The van der Waals surface area contributed by atoms with Crippen LogP contribution in [0, 0.1) is 0 Å². The SMILES string of the molecule is CCCCCCCCCCCCCCCC(=O)OCC(CO)OC(=O)CCCCCCCCCCCCCCC.O=P([O-])([O-])OCc1ccccc1.[Mg+2]. The van der Waals surface area contributed by atoms with Crippen LogP contribution in [0.5, 0.6) is 0 Å². The number of hydrogen-bond donors (Lipinski definition) is 1. The summed E-state index contributed by atoms with van der Waals surface area (Å²) in [5, 5.41) is 9.50. The first-order chi connectivity index (χ1) is 25.2. The number of ether oxygens (including phenoxy) is 2. The topological polar surface area (TPSA) is 145 Å². The van der Waals surface area contributed by atoms with Crippen LogP contribution in [0.1, 0.15) is 199 Å².